The van der Waals surface area contributed by atoms with E-state index >= 15 is 0 Å². The van der Waals surface area contributed by atoms with Gasteiger partial charge in [-0.25, -0.2) is 19.2 Å². The van der Waals surface area contributed by atoms with Crippen molar-refractivity contribution in [1.29, 1.82) is 0 Å². The maximum absolute atomic E-state index is 14.5. The number of fused-ring (bicyclic) bond motifs is 5. The number of hydrogen-bond donors (Lipinski definition) is 3. The van der Waals surface area contributed by atoms with Crippen molar-refractivity contribution in [2.45, 2.75) is 44.6 Å². The number of carbonyl (C=O) groups is 1. The fourth-order valence-electron chi connectivity index (χ4n) is 5.84. The zero-order chi connectivity index (χ0) is 23.6. The zero-order valence-corrected chi connectivity index (χ0v) is 19.7. The van der Waals surface area contributed by atoms with Crippen molar-refractivity contribution in [2.24, 2.45) is 17.6 Å². The highest BCUT2D eigenvalue weighted by Gasteiger charge is 2.46. The van der Waals surface area contributed by atoms with Gasteiger partial charge >= 0.3 is 5.97 Å². The van der Waals surface area contributed by atoms with Gasteiger partial charge in [0.1, 0.15) is 16.5 Å². The Morgan fingerprint density at radius 2 is 2.15 bits per heavy atom. The average molecular weight is 481 g/mol. The number of anilines is 2. The molecule has 3 heterocycles. The quantitative estimate of drug-likeness (QED) is 0.356. The second kappa shape index (κ2) is 7.99. The van der Waals surface area contributed by atoms with Gasteiger partial charge in [-0.15, -0.1) is 0 Å². The van der Waals surface area contributed by atoms with Gasteiger partial charge < -0.3 is 20.8 Å². The molecule has 0 saturated heterocycles. The van der Waals surface area contributed by atoms with E-state index in [-0.39, 0.29) is 22.8 Å². The fraction of sp³-hybridized carbons (Fsp3) is 0.417. The van der Waals surface area contributed by atoms with Gasteiger partial charge in [-0.1, -0.05) is 18.3 Å². The van der Waals surface area contributed by atoms with Gasteiger partial charge in [0.25, 0.3) is 0 Å². The van der Waals surface area contributed by atoms with Gasteiger partial charge in [0.05, 0.1) is 24.5 Å². The lowest BCUT2D eigenvalue weighted by atomic mass is 9.83. The van der Waals surface area contributed by atoms with Crippen molar-refractivity contribution >= 4 is 50.2 Å². The molecule has 2 saturated carbocycles. The van der Waals surface area contributed by atoms with Crippen molar-refractivity contribution in [1.82, 2.24) is 19.9 Å². The Balaban J connectivity index is 1.50. The van der Waals surface area contributed by atoms with Crippen LogP contribution in [0.4, 0.5) is 15.3 Å². The largest absolute Gasteiger partial charge is 0.464 e. The van der Waals surface area contributed by atoms with Crippen molar-refractivity contribution in [3.05, 3.63) is 40.4 Å². The van der Waals surface area contributed by atoms with Gasteiger partial charge in [-0.05, 0) is 55.2 Å². The van der Waals surface area contributed by atoms with E-state index < -0.39 is 5.97 Å². The lowest BCUT2D eigenvalue weighted by molar-refractivity contribution is 0.0600. The lowest BCUT2D eigenvalue weighted by Crippen LogP contribution is -2.29. The number of H-pyrrole nitrogens is 1. The van der Waals surface area contributed by atoms with E-state index in [2.05, 4.69) is 15.3 Å². The third-order valence-electron chi connectivity index (χ3n) is 7.38. The van der Waals surface area contributed by atoms with Crippen molar-refractivity contribution in [2.75, 3.05) is 12.4 Å². The summed E-state index contributed by atoms with van der Waals surface area (Å²) in [6.07, 6.45) is 5.34. The molecular formula is C24H25FN6O2S. The first kappa shape index (κ1) is 21.4. The molecule has 2 fully saturated rings. The van der Waals surface area contributed by atoms with Crippen LogP contribution in [0, 0.1) is 17.7 Å². The molecule has 2 bridgehead atoms. The first-order valence-electron chi connectivity index (χ1n) is 11.5. The van der Waals surface area contributed by atoms with Crippen LogP contribution >= 0.6 is 11.3 Å². The van der Waals surface area contributed by atoms with E-state index in [1.54, 1.807) is 18.3 Å². The molecule has 1 unspecified atom stereocenters. The number of carbonyl (C=O) groups excluding carboxylic acids is 1. The second-order valence-electron chi connectivity index (χ2n) is 9.27. The number of nitrogens with two attached hydrogens (primary N) is 1. The molecule has 8 nitrogen and oxygen atoms in total. The third kappa shape index (κ3) is 3.35. The van der Waals surface area contributed by atoms with E-state index in [1.807, 2.05) is 6.92 Å². The average Bonchev–Trinajstić information content (AvgIpc) is 3.60. The molecule has 4 atom stereocenters. The number of esters is 1. The molecule has 0 radical (unpaired) electrons. The maximum Gasteiger partial charge on any atom is 0.367 e. The number of rotatable bonds is 5. The summed E-state index contributed by atoms with van der Waals surface area (Å²) < 4.78 is 19.3. The smallest absolute Gasteiger partial charge is 0.367 e. The highest BCUT2D eigenvalue weighted by molar-refractivity contribution is 7.17. The molecule has 4 N–H and O–H groups in total. The number of hydrogen-bond acceptors (Lipinski definition) is 8. The molecule has 2 aliphatic rings. The van der Waals surface area contributed by atoms with Gasteiger partial charge in [-0.2, -0.15) is 4.98 Å². The number of halogens is 1. The number of benzene rings is 1. The summed E-state index contributed by atoms with van der Waals surface area (Å²) in [5.74, 6) is 0.875. The first-order valence-corrected chi connectivity index (χ1v) is 12.3. The summed E-state index contributed by atoms with van der Waals surface area (Å²) in [6.45, 7) is 2.01. The summed E-state index contributed by atoms with van der Waals surface area (Å²) in [5, 5.41) is 5.81. The number of aromatic amines is 1. The summed E-state index contributed by atoms with van der Waals surface area (Å²) >= 11 is 1.18. The minimum absolute atomic E-state index is 0.246. The van der Waals surface area contributed by atoms with Crippen LogP contribution in [0.1, 0.15) is 53.2 Å². The van der Waals surface area contributed by atoms with Gasteiger partial charge in [0.2, 0.25) is 11.0 Å². The standard InChI is InChI=1S/C24H25FN6O2S/c1-3-10-5-13(25)8-15-18-20(14-6-12-4-11(14)7-16(12)26)30-24(31-21(18)29-19(10)15)28-17-9-27-22(34-17)23(32)33-2/h5,8-9,11-12,14,16H,3-4,6-7,26H2,1-2H3,(H2,28,29,30,31)/t11-,12-,14?,16-/m1/s1. The number of methoxy groups -OCH3 is 1. The van der Waals surface area contributed by atoms with E-state index in [0.717, 1.165) is 46.8 Å². The second-order valence-corrected chi connectivity index (χ2v) is 10.3. The lowest BCUT2D eigenvalue weighted by Gasteiger charge is -2.26. The highest BCUT2D eigenvalue weighted by atomic mass is 32.1. The molecule has 0 amide bonds. The number of aromatic nitrogens is 4. The molecule has 4 aromatic rings. The van der Waals surface area contributed by atoms with E-state index in [9.17, 15) is 9.18 Å². The summed E-state index contributed by atoms with van der Waals surface area (Å²) in [4.78, 5) is 29.0. The predicted molar refractivity (Wildman–Crippen MR) is 129 cm³/mol. The maximum atomic E-state index is 14.5. The Labute approximate surface area is 199 Å². The molecule has 2 aliphatic carbocycles. The molecule has 0 spiro atoms. The minimum atomic E-state index is -0.488. The van der Waals surface area contributed by atoms with Crippen molar-refractivity contribution in [3.63, 3.8) is 0 Å². The Kier molecular flexibility index (Phi) is 5.03. The number of aryl methyl sites for hydroxylation is 1. The van der Waals surface area contributed by atoms with Gasteiger partial charge in [0, 0.05) is 22.7 Å². The summed E-state index contributed by atoms with van der Waals surface area (Å²) in [6, 6.07) is 3.40. The van der Waals surface area contributed by atoms with Crippen LogP contribution in [-0.2, 0) is 11.2 Å². The van der Waals surface area contributed by atoms with Crippen LogP contribution < -0.4 is 11.1 Å². The summed E-state index contributed by atoms with van der Waals surface area (Å²) in [5.41, 5.74) is 9.75. The Hall–Kier alpha value is -3.11. The van der Waals surface area contributed by atoms with Gasteiger partial charge in [0.15, 0.2) is 0 Å². The zero-order valence-electron chi connectivity index (χ0n) is 18.9. The number of nitrogens with zero attached hydrogens (tertiary/aromatic N) is 3. The highest BCUT2D eigenvalue weighted by Crippen LogP contribution is 2.53. The predicted octanol–water partition coefficient (Wildman–Crippen LogP) is 4.64. The molecule has 176 valence electrons. The normalized spacial score (nSPS) is 23.8. The van der Waals surface area contributed by atoms with Crippen LogP contribution in [0.3, 0.4) is 0 Å². The van der Waals surface area contributed by atoms with Crippen molar-refractivity contribution < 1.29 is 13.9 Å². The van der Waals surface area contributed by atoms with Crippen LogP contribution in [0.15, 0.2) is 18.3 Å². The molecule has 34 heavy (non-hydrogen) atoms. The van der Waals surface area contributed by atoms with Crippen molar-refractivity contribution in [3.8, 4) is 0 Å². The molecule has 3 aromatic heterocycles. The van der Waals surface area contributed by atoms with Crippen LogP contribution in [0.5, 0.6) is 0 Å². The Morgan fingerprint density at radius 1 is 1.29 bits per heavy atom. The molecule has 6 rings (SSSR count). The van der Waals surface area contributed by atoms with E-state index in [4.69, 9.17) is 20.4 Å². The first-order chi connectivity index (χ1) is 16.4. The van der Waals surface area contributed by atoms with Gasteiger partial charge in [-0.3, -0.25) is 0 Å². The fourth-order valence-corrected chi connectivity index (χ4v) is 6.57. The molecule has 1 aromatic carbocycles. The number of thiazole rings is 1. The SMILES string of the molecule is CCc1cc(F)cc2c1[nH]c1nc(Nc3cnc(C(=O)OC)s3)nc(C3C[C@H]4C[C@@H]3C[C@H]4N)c12. The molecule has 10 heteroatoms. The molecule has 0 aliphatic heterocycles. The third-order valence-corrected chi connectivity index (χ3v) is 8.27. The Bertz CT molecular complexity index is 1430. The number of ether oxygens (including phenoxy) is 1. The van der Waals surface area contributed by atoms with Crippen LogP contribution in [0.2, 0.25) is 0 Å². The Morgan fingerprint density at radius 3 is 2.85 bits per heavy atom. The minimum Gasteiger partial charge on any atom is -0.464 e. The number of nitrogens with one attached hydrogen (secondary N) is 2. The van der Waals surface area contributed by atoms with Crippen LogP contribution in [-0.4, -0.2) is 39.1 Å². The topological polar surface area (TPSA) is 119 Å². The van der Waals surface area contributed by atoms with E-state index in [1.165, 1.54) is 18.4 Å². The van der Waals surface area contributed by atoms with E-state index in [0.29, 0.717) is 34.9 Å². The van der Waals surface area contributed by atoms with Crippen LogP contribution in [0.25, 0.3) is 21.9 Å². The monoisotopic (exact) mass is 480 g/mol. The summed E-state index contributed by atoms with van der Waals surface area (Å²) in [7, 11) is 1.32. The molecular weight excluding hydrogens is 455 g/mol.